The Morgan fingerprint density at radius 2 is 2.21 bits per heavy atom. The number of carbonyl (C=O) groups excluding carboxylic acids is 1. The maximum Gasteiger partial charge on any atom is 0.431 e. The van der Waals surface area contributed by atoms with Gasteiger partial charge in [-0.15, -0.1) is 0 Å². The average molecular weight is 271 g/mol. The van der Waals surface area contributed by atoms with E-state index >= 15 is 0 Å². The fraction of sp³-hybridized carbons (Fsp3) is 0.333. The van der Waals surface area contributed by atoms with Crippen molar-refractivity contribution in [3.8, 4) is 6.07 Å². The average Bonchev–Trinajstić information content (AvgIpc) is 2.81. The van der Waals surface area contributed by atoms with E-state index in [0.717, 1.165) is 18.2 Å². The summed E-state index contributed by atoms with van der Waals surface area (Å²) in [5, 5.41) is 11.3. The Bertz CT molecular complexity index is 523. The van der Waals surface area contributed by atoms with Crippen LogP contribution in [0.4, 0.5) is 13.2 Å². The molecule has 0 unspecified atom stereocenters. The first-order valence-corrected chi connectivity index (χ1v) is 5.54. The molecule has 0 aliphatic rings. The van der Waals surface area contributed by atoms with Crippen molar-refractivity contribution in [3.05, 3.63) is 29.1 Å². The molecule has 0 spiro atoms. The van der Waals surface area contributed by atoms with Crippen molar-refractivity contribution in [2.45, 2.75) is 19.5 Å². The zero-order valence-electron chi connectivity index (χ0n) is 10.1. The molecule has 19 heavy (non-hydrogen) atoms. The molecule has 1 rings (SSSR count). The highest BCUT2D eigenvalue weighted by Crippen LogP contribution is 2.28. The van der Waals surface area contributed by atoms with Crippen LogP contribution in [0.2, 0.25) is 0 Å². The van der Waals surface area contributed by atoms with Crippen LogP contribution in [0.3, 0.4) is 0 Å². The summed E-state index contributed by atoms with van der Waals surface area (Å²) in [4.78, 5) is 13.6. The number of aromatic nitrogens is 1. The molecule has 0 radical (unpaired) electrons. The van der Waals surface area contributed by atoms with Gasteiger partial charge >= 0.3 is 6.18 Å². The summed E-state index contributed by atoms with van der Waals surface area (Å²) in [6.07, 6.45) is -2.70. The van der Waals surface area contributed by atoms with Gasteiger partial charge in [-0.25, -0.2) is 0 Å². The van der Waals surface area contributed by atoms with Crippen molar-refractivity contribution in [3.63, 3.8) is 0 Å². The molecule has 1 aromatic rings. The number of rotatable bonds is 4. The molecular formula is C12H12F3N3O. The van der Waals surface area contributed by atoms with E-state index in [-0.39, 0.29) is 11.3 Å². The van der Waals surface area contributed by atoms with Gasteiger partial charge in [0.1, 0.15) is 17.3 Å². The van der Waals surface area contributed by atoms with Gasteiger partial charge in [0.25, 0.3) is 5.91 Å². The Hall–Kier alpha value is -2.23. The van der Waals surface area contributed by atoms with E-state index in [2.05, 4.69) is 10.3 Å². The summed E-state index contributed by atoms with van der Waals surface area (Å²) in [5.41, 5.74) is -1.12. The molecule has 0 aliphatic carbocycles. The minimum atomic E-state index is -4.48. The number of hydrogen-bond donors (Lipinski definition) is 2. The molecule has 0 saturated carbocycles. The van der Waals surface area contributed by atoms with Crippen LogP contribution in [0.25, 0.3) is 6.08 Å². The molecule has 1 amide bonds. The second-order valence-corrected chi connectivity index (χ2v) is 3.75. The zero-order valence-corrected chi connectivity index (χ0v) is 10.1. The smallest absolute Gasteiger partial charge is 0.351 e. The van der Waals surface area contributed by atoms with E-state index < -0.39 is 17.8 Å². The van der Waals surface area contributed by atoms with Gasteiger partial charge in [-0.05, 0) is 24.6 Å². The normalized spacial score (nSPS) is 12.1. The monoisotopic (exact) mass is 271 g/mol. The van der Waals surface area contributed by atoms with Crippen LogP contribution >= 0.6 is 0 Å². The number of hydrogen-bond acceptors (Lipinski definition) is 2. The van der Waals surface area contributed by atoms with Crippen molar-refractivity contribution in [2.24, 2.45) is 0 Å². The van der Waals surface area contributed by atoms with E-state index in [0.29, 0.717) is 13.0 Å². The highest BCUT2D eigenvalue weighted by atomic mass is 19.4. The molecule has 0 saturated heterocycles. The second kappa shape index (κ2) is 6.09. The maximum absolute atomic E-state index is 12.3. The van der Waals surface area contributed by atoms with Crippen LogP contribution in [-0.2, 0) is 11.0 Å². The minimum absolute atomic E-state index is 0.0514. The van der Waals surface area contributed by atoms with Crippen molar-refractivity contribution in [1.29, 1.82) is 5.26 Å². The van der Waals surface area contributed by atoms with Crippen molar-refractivity contribution in [2.75, 3.05) is 6.54 Å². The highest BCUT2D eigenvalue weighted by Gasteiger charge is 2.32. The quantitative estimate of drug-likeness (QED) is 0.652. The summed E-state index contributed by atoms with van der Waals surface area (Å²) in [6.45, 7) is 2.24. The van der Waals surface area contributed by atoms with Crippen LogP contribution in [-0.4, -0.2) is 17.4 Å². The van der Waals surface area contributed by atoms with E-state index in [4.69, 9.17) is 5.26 Å². The third-order valence-corrected chi connectivity index (χ3v) is 2.21. The summed E-state index contributed by atoms with van der Waals surface area (Å²) < 4.78 is 37.0. The van der Waals surface area contributed by atoms with Crippen LogP contribution in [0.15, 0.2) is 17.7 Å². The molecule has 7 heteroatoms. The van der Waals surface area contributed by atoms with Gasteiger partial charge in [0.15, 0.2) is 0 Å². The molecule has 0 fully saturated rings. The Morgan fingerprint density at radius 1 is 1.53 bits per heavy atom. The lowest BCUT2D eigenvalue weighted by Crippen LogP contribution is -2.25. The van der Waals surface area contributed by atoms with Gasteiger partial charge in [-0.3, -0.25) is 4.79 Å². The number of nitriles is 1. The second-order valence-electron chi connectivity index (χ2n) is 3.75. The summed E-state index contributed by atoms with van der Waals surface area (Å²) >= 11 is 0. The molecular weight excluding hydrogens is 259 g/mol. The third kappa shape index (κ3) is 4.17. The Labute approximate surface area is 107 Å². The van der Waals surface area contributed by atoms with Gasteiger partial charge in [-0.1, -0.05) is 6.92 Å². The molecule has 0 atom stereocenters. The van der Waals surface area contributed by atoms with Gasteiger partial charge in [0.2, 0.25) is 0 Å². The van der Waals surface area contributed by atoms with Gasteiger partial charge < -0.3 is 10.3 Å². The van der Waals surface area contributed by atoms with E-state index in [1.54, 1.807) is 6.07 Å². The van der Waals surface area contributed by atoms with Crippen molar-refractivity contribution < 1.29 is 18.0 Å². The van der Waals surface area contributed by atoms with Crippen LogP contribution in [0.5, 0.6) is 0 Å². The Balaban J connectivity index is 2.90. The lowest BCUT2D eigenvalue weighted by Gasteiger charge is -2.02. The van der Waals surface area contributed by atoms with E-state index in [1.165, 1.54) is 0 Å². The molecule has 102 valence electrons. The van der Waals surface area contributed by atoms with Crippen LogP contribution in [0.1, 0.15) is 24.7 Å². The standard InChI is InChI=1S/C12H12F3N3O/c1-2-5-17-11(19)8(7-16)6-9-3-4-10(18-9)12(13,14)15/h3-4,6,18H,2,5H2,1H3,(H,17,19)/b8-6+. The predicted octanol–water partition coefficient (Wildman–Crippen LogP) is 2.47. The molecule has 0 aromatic carbocycles. The third-order valence-electron chi connectivity index (χ3n) is 2.21. The first kappa shape index (κ1) is 14.8. The van der Waals surface area contributed by atoms with Crippen LogP contribution < -0.4 is 5.32 Å². The largest absolute Gasteiger partial charge is 0.431 e. The SMILES string of the molecule is CCCNC(=O)/C(C#N)=C/c1ccc(C(F)(F)F)[nH]1. The van der Waals surface area contributed by atoms with Crippen molar-refractivity contribution >= 4 is 12.0 Å². The number of alkyl halides is 3. The number of carbonyl (C=O) groups is 1. The molecule has 1 aromatic heterocycles. The number of nitrogens with zero attached hydrogens (tertiary/aromatic N) is 1. The zero-order chi connectivity index (χ0) is 14.5. The van der Waals surface area contributed by atoms with E-state index in [1.807, 2.05) is 6.92 Å². The predicted molar refractivity (Wildman–Crippen MR) is 62.7 cm³/mol. The lowest BCUT2D eigenvalue weighted by molar-refractivity contribution is -0.140. The molecule has 0 bridgehead atoms. The number of nitrogens with one attached hydrogen (secondary N) is 2. The minimum Gasteiger partial charge on any atom is -0.351 e. The first-order chi connectivity index (χ1) is 8.88. The van der Waals surface area contributed by atoms with Crippen molar-refractivity contribution in [1.82, 2.24) is 10.3 Å². The summed E-state index contributed by atoms with van der Waals surface area (Å²) in [5.74, 6) is -0.604. The molecule has 1 heterocycles. The number of H-pyrrole nitrogens is 1. The maximum atomic E-state index is 12.3. The molecule has 4 nitrogen and oxygen atoms in total. The fourth-order valence-electron chi connectivity index (χ4n) is 1.30. The van der Waals surface area contributed by atoms with Gasteiger partial charge in [0, 0.05) is 12.2 Å². The van der Waals surface area contributed by atoms with E-state index in [9.17, 15) is 18.0 Å². The number of amides is 1. The highest BCUT2D eigenvalue weighted by molar-refractivity contribution is 6.01. The summed E-state index contributed by atoms with van der Waals surface area (Å²) in [6, 6.07) is 3.67. The molecule has 2 N–H and O–H groups in total. The topological polar surface area (TPSA) is 68.7 Å². The van der Waals surface area contributed by atoms with Gasteiger partial charge in [0.05, 0.1) is 0 Å². The Kier molecular flexibility index (Phi) is 4.75. The molecule has 0 aliphatic heterocycles. The first-order valence-electron chi connectivity index (χ1n) is 5.54. The lowest BCUT2D eigenvalue weighted by atomic mass is 10.2. The number of halogens is 3. The Morgan fingerprint density at radius 3 is 2.68 bits per heavy atom. The fourth-order valence-corrected chi connectivity index (χ4v) is 1.30. The van der Waals surface area contributed by atoms with Gasteiger partial charge in [-0.2, -0.15) is 18.4 Å². The number of aromatic amines is 1. The van der Waals surface area contributed by atoms with Crippen LogP contribution in [0, 0.1) is 11.3 Å². The summed E-state index contributed by atoms with van der Waals surface area (Å²) in [7, 11) is 0.